The third-order valence-corrected chi connectivity index (χ3v) is 7.97. The summed E-state index contributed by atoms with van der Waals surface area (Å²) in [6.07, 6.45) is 0. The molecule has 3 aromatic rings. The number of amides is 1. The number of rotatable bonds is 6. The monoisotopic (exact) mass is 493 g/mol. The van der Waals surface area contributed by atoms with E-state index in [9.17, 15) is 13.2 Å². The molecule has 0 radical (unpaired) electrons. The van der Waals surface area contributed by atoms with Gasteiger partial charge in [0.05, 0.1) is 29.5 Å². The van der Waals surface area contributed by atoms with E-state index in [1.807, 2.05) is 18.7 Å². The maximum absolute atomic E-state index is 13.1. The second kappa shape index (κ2) is 9.27. The molecule has 1 amide bonds. The summed E-state index contributed by atoms with van der Waals surface area (Å²) in [5, 5.41) is 3.30. The highest BCUT2D eigenvalue weighted by Crippen LogP contribution is 2.32. The molecule has 1 saturated heterocycles. The molecule has 1 N–H and O–H groups in total. The summed E-state index contributed by atoms with van der Waals surface area (Å²) in [5.74, 6) is 0.919. The highest BCUT2D eigenvalue weighted by Gasteiger charge is 2.35. The van der Waals surface area contributed by atoms with Crippen LogP contribution >= 0.6 is 0 Å². The van der Waals surface area contributed by atoms with Gasteiger partial charge in [0.1, 0.15) is 11.5 Å². The van der Waals surface area contributed by atoms with Crippen molar-refractivity contribution in [1.29, 1.82) is 0 Å². The number of carbonyl (C=O) groups is 1. The lowest BCUT2D eigenvalue weighted by molar-refractivity contribution is 0.0726. The molecule has 3 heterocycles. The third-order valence-electron chi connectivity index (χ3n) is 6.19. The first-order chi connectivity index (χ1) is 16.8. The van der Waals surface area contributed by atoms with E-state index in [2.05, 4.69) is 10.3 Å². The summed E-state index contributed by atoms with van der Waals surface area (Å²) in [6, 6.07) is 14.9. The molecular weight excluding hydrogens is 466 g/mol. The lowest BCUT2D eigenvalue weighted by Gasteiger charge is -2.27. The highest BCUT2D eigenvalue weighted by molar-refractivity contribution is 7.91. The van der Waals surface area contributed by atoms with Crippen LogP contribution in [0.15, 0.2) is 64.4 Å². The van der Waals surface area contributed by atoms with Crippen LogP contribution in [0.2, 0.25) is 0 Å². The molecule has 0 atom stereocenters. The van der Waals surface area contributed by atoms with Crippen molar-refractivity contribution >= 4 is 33.2 Å². The van der Waals surface area contributed by atoms with Crippen LogP contribution in [0, 0.1) is 0 Å². The molecule has 182 valence electrons. The van der Waals surface area contributed by atoms with E-state index in [1.165, 1.54) is 0 Å². The van der Waals surface area contributed by atoms with Crippen molar-refractivity contribution in [2.24, 2.45) is 0 Å². The minimum absolute atomic E-state index is 0.0267. The first-order valence-electron chi connectivity index (χ1n) is 11.6. The zero-order valence-corrected chi connectivity index (χ0v) is 20.5. The second-order valence-electron chi connectivity index (χ2n) is 8.79. The number of nitrogens with zero attached hydrogens (tertiary/aromatic N) is 4. The Morgan fingerprint density at radius 3 is 2.26 bits per heavy atom. The molecule has 0 unspecified atom stereocenters. The first-order valence-corrected chi connectivity index (χ1v) is 13.0. The lowest BCUT2D eigenvalue weighted by Crippen LogP contribution is -2.37. The number of sulfone groups is 1. The molecule has 10 heteroatoms. The number of hydrogen-bond acceptors (Lipinski definition) is 8. The van der Waals surface area contributed by atoms with Crippen LogP contribution < -0.4 is 10.2 Å². The molecular formula is C25H27N5O4S. The zero-order chi connectivity index (χ0) is 24.6. The van der Waals surface area contributed by atoms with Gasteiger partial charge in [-0.05, 0) is 50.2 Å². The van der Waals surface area contributed by atoms with Gasteiger partial charge in [0.15, 0.2) is 0 Å². The minimum Gasteiger partial charge on any atom is -0.378 e. The van der Waals surface area contributed by atoms with Crippen molar-refractivity contribution < 1.29 is 17.9 Å². The van der Waals surface area contributed by atoms with Crippen LogP contribution in [-0.2, 0) is 21.1 Å². The number of ether oxygens (including phenoxy) is 1. The number of morpholine rings is 1. The summed E-state index contributed by atoms with van der Waals surface area (Å²) in [6.45, 7) is 6.80. The fourth-order valence-electron chi connectivity index (χ4n) is 4.19. The summed E-state index contributed by atoms with van der Waals surface area (Å²) in [4.78, 5) is 26.7. The van der Waals surface area contributed by atoms with Gasteiger partial charge < -0.3 is 19.9 Å². The molecule has 5 rings (SSSR count). The zero-order valence-electron chi connectivity index (χ0n) is 19.6. The standard InChI is InChI=1S/C25H27N5O4S/c1-17(2)30-16-21-22(24(30)31)27-25(29-12-14-34-15-13-29)28-23(21)26-18-8-10-20(11-9-18)35(32,33)19-6-4-3-5-7-19/h3-11,17H,12-16H2,1-2H3,(H,26,27,28). The molecule has 0 saturated carbocycles. The van der Waals surface area contributed by atoms with Gasteiger partial charge in [-0.3, -0.25) is 4.79 Å². The smallest absolute Gasteiger partial charge is 0.273 e. The Bertz CT molecular complexity index is 1340. The maximum atomic E-state index is 13.1. The van der Waals surface area contributed by atoms with Gasteiger partial charge in [-0.25, -0.2) is 13.4 Å². The van der Waals surface area contributed by atoms with E-state index in [-0.39, 0.29) is 21.7 Å². The van der Waals surface area contributed by atoms with Crippen LogP contribution in [0.1, 0.15) is 29.9 Å². The third kappa shape index (κ3) is 4.46. The molecule has 0 bridgehead atoms. The number of anilines is 3. The summed E-state index contributed by atoms with van der Waals surface area (Å²) >= 11 is 0. The number of benzene rings is 2. The van der Waals surface area contributed by atoms with E-state index in [0.717, 1.165) is 5.56 Å². The number of aromatic nitrogens is 2. The van der Waals surface area contributed by atoms with E-state index in [1.54, 1.807) is 59.5 Å². The quantitative estimate of drug-likeness (QED) is 0.558. The van der Waals surface area contributed by atoms with Gasteiger partial charge in [0, 0.05) is 30.4 Å². The molecule has 0 aliphatic carbocycles. The van der Waals surface area contributed by atoms with Crippen molar-refractivity contribution in [2.75, 3.05) is 36.5 Å². The van der Waals surface area contributed by atoms with Crippen LogP contribution in [0.25, 0.3) is 0 Å². The van der Waals surface area contributed by atoms with Crippen molar-refractivity contribution in [3.63, 3.8) is 0 Å². The fourth-order valence-corrected chi connectivity index (χ4v) is 5.47. The van der Waals surface area contributed by atoms with Crippen LogP contribution in [-0.4, -0.2) is 61.5 Å². The Hall–Kier alpha value is -3.50. The number of fused-ring (bicyclic) bond motifs is 1. The Kier molecular flexibility index (Phi) is 6.16. The average Bonchev–Trinajstić information content (AvgIpc) is 3.22. The van der Waals surface area contributed by atoms with Gasteiger partial charge >= 0.3 is 0 Å². The molecule has 35 heavy (non-hydrogen) atoms. The van der Waals surface area contributed by atoms with Crippen molar-refractivity contribution in [1.82, 2.24) is 14.9 Å². The molecule has 0 spiro atoms. The Morgan fingerprint density at radius 2 is 1.60 bits per heavy atom. The average molecular weight is 494 g/mol. The highest BCUT2D eigenvalue weighted by atomic mass is 32.2. The van der Waals surface area contributed by atoms with E-state index in [0.29, 0.717) is 56.0 Å². The summed E-state index contributed by atoms with van der Waals surface area (Å²) < 4.78 is 31.3. The molecule has 2 aliphatic heterocycles. The van der Waals surface area contributed by atoms with Gasteiger partial charge in [-0.15, -0.1) is 0 Å². The van der Waals surface area contributed by atoms with E-state index >= 15 is 0 Å². The van der Waals surface area contributed by atoms with Crippen LogP contribution in [0.5, 0.6) is 0 Å². The maximum Gasteiger partial charge on any atom is 0.273 e. The van der Waals surface area contributed by atoms with Gasteiger partial charge in [-0.2, -0.15) is 4.98 Å². The summed E-state index contributed by atoms with van der Waals surface area (Å²) in [5.41, 5.74) is 1.81. The van der Waals surface area contributed by atoms with Crippen molar-refractivity contribution in [2.45, 2.75) is 36.2 Å². The van der Waals surface area contributed by atoms with Gasteiger partial charge in [-0.1, -0.05) is 18.2 Å². The molecule has 1 fully saturated rings. The van der Waals surface area contributed by atoms with Crippen molar-refractivity contribution in [3.05, 3.63) is 65.9 Å². The largest absolute Gasteiger partial charge is 0.378 e. The minimum atomic E-state index is -3.61. The predicted octanol–water partition coefficient (Wildman–Crippen LogP) is 3.25. The Labute approximate surface area is 204 Å². The number of carbonyl (C=O) groups excluding carboxylic acids is 1. The van der Waals surface area contributed by atoms with Gasteiger partial charge in [0.2, 0.25) is 15.8 Å². The fraction of sp³-hybridized carbons (Fsp3) is 0.320. The summed E-state index contributed by atoms with van der Waals surface area (Å²) in [7, 11) is -3.61. The van der Waals surface area contributed by atoms with Crippen LogP contribution in [0.4, 0.5) is 17.5 Å². The van der Waals surface area contributed by atoms with Crippen molar-refractivity contribution in [3.8, 4) is 0 Å². The normalized spacial score (nSPS) is 16.0. The SMILES string of the molecule is CC(C)N1Cc2c(Nc3ccc(S(=O)(=O)c4ccccc4)cc3)nc(N3CCOCC3)nc2C1=O. The first kappa shape index (κ1) is 23.3. The van der Waals surface area contributed by atoms with E-state index in [4.69, 9.17) is 9.72 Å². The Morgan fingerprint density at radius 1 is 0.943 bits per heavy atom. The Balaban J connectivity index is 1.47. The number of hydrogen-bond donors (Lipinski definition) is 1. The van der Waals surface area contributed by atoms with Crippen LogP contribution in [0.3, 0.4) is 0 Å². The molecule has 9 nitrogen and oxygen atoms in total. The molecule has 2 aromatic carbocycles. The molecule has 2 aliphatic rings. The topological polar surface area (TPSA) is 105 Å². The van der Waals surface area contributed by atoms with Gasteiger partial charge in [0.25, 0.3) is 5.91 Å². The predicted molar refractivity (Wildman–Crippen MR) is 132 cm³/mol. The molecule has 1 aromatic heterocycles. The lowest BCUT2D eigenvalue weighted by atomic mass is 10.2. The van der Waals surface area contributed by atoms with E-state index < -0.39 is 9.84 Å². The number of nitrogens with one attached hydrogen (secondary N) is 1. The second-order valence-corrected chi connectivity index (χ2v) is 10.7.